The van der Waals surface area contributed by atoms with Crippen LogP contribution in [0.3, 0.4) is 0 Å². The topological polar surface area (TPSA) is 88.8 Å². The molecule has 0 bridgehead atoms. The summed E-state index contributed by atoms with van der Waals surface area (Å²) >= 11 is 0. The van der Waals surface area contributed by atoms with E-state index in [0.717, 1.165) is 28.8 Å². The summed E-state index contributed by atoms with van der Waals surface area (Å²) in [6.07, 6.45) is 2.44. The van der Waals surface area contributed by atoms with Crippen molar-refractivity contribution in [1.82, 2.24) is 9.88 Å². The fourth-order valence-corrected chi connectivity index (χ4v) is 4.19. The third-order valence-electron chi connectivity index (χ3n) is 5.68. The first-order chi connectivity index (χ1) is 14.0. The molecule has 152 valence electrons. The summed E-state index contributed by atoms with van der Waals surface area (Å²) in [4.78, 5) is 32.6. The molecule has 0 spiro atoms. The molecule has 2 unspecified atom stereocenters. The van der Waals surface area contributed by atoms with Crippen LogP contribution in [-0.4, -0.2) is 54.0 Å². The minimum absolute atomic E-state index is 0.0195. The summed E-state index contributed by atoms with van der Waals surface area (Å²) < 4.78 is 5.30. The van der Waals surface area contributed by atoms with Crippen molar-refractivity contribution in [3.63, 3.8) is 0 Å². The van der Waals surface area contributed by atoms with E-state index in [-0.39, 0.29) is 23.9 Å². The number of amides is 2. The molecule has 7 heteroatoms. The van der Waals surface area contributed by atoms with Crippen molar-refractivity contribution in [2.24, 2.45) is 5.73 Å². The zero-order valence-electron chi connectivity index (χ0n) is 16.8. The van der Waals surface area contributed by atoms with Gasteiger partial charge in [-0.1, -0.05) is 12.1 Å². The highest BCUT2D eigenvalue weighted by Gasteiger charge is 2.30. The monoisotopic (exact) mass is 394 g/mol. The zero-order valence-corrected chi connectivity index (χ0v) is 16.8. The molecule has 2 atom stereocenters. The standard InChI is InChI=1S/C22H26N4O3/c1-14-11-19(23)18-12-16(4-6-21(18)26(14)15(2)27)17-3-5-20(24-13-17)22(28)25-7-9-29-10-8-25/h3-6,12-14,19H,7-11,23H2,1-2H3. The van der Waals surface area contributed by atoms with Gasteiger partial charge in [-0.05, 0) is 42.7 Å². The van der Waals surface area contributed by atoms with Gasteiger partial charge in [0.15, 0.2) is 0 Å². The minimum Gasteiger partial charge on any atom is -0.378 e. The summed E-state index contributed by atoms with van der Waals surface area (Å²) in [5.41, 5.74) is 10.5. The Morgan fingerprint density at radius 1 is 1.14 bits per heavy atom. The Balaban J connectivity index is 1.60. The van der Waals surface area contributed by atoms with Crippen LogP contribution < -0.4 is 10.6 Å². The molecule has 2 aromatic rings. The number of ether oxygens (including phenoxy) is 1. The molecule has 3 heterocycles. The summed E-state index contributed by atoms with van der Waals surface area (Å²) in [5, 5.41) is 0. The molecule has 4 rings (SSSR count). The average Bonchev–Trinajstić information content (AvgIpc) is 2.73. The minimum atomic E-state index is -0.120. The van der Waals surface area contributed by atoms with Crippen LogP contribution in [0.2, 0.25) is 0 Å². The molecular formula is C22H26N4O3. The van der Waals surface area contributed by atoms with Crippen LogP contribution in [0.15, 0.2) is 36.5 Å². The fraction of sp³-hybridized carbons (Fsp3) is 0.409. The number of morpholine rings is 1. The van der Waals surface area contributed by atoms with Crippen LogP contribution in [0, 0.1) is 0 Å². The molecule has 1 saturated heterocycles. The fourth-order valence-electron chi connectivity index (χ4n) is 4.19. The van der Waals surface area contributed by atoms with Gasteiger partial charge in [0, 0.05) is 49.5 Å². The number of rotatable bonds is 2. The number of benzene rings is 1. The third-order valence-corrected chi connectivity index (χ3v) is 5.68. The molecule has 0 radical (unpaired) electrons. The van der Waals surface area contributed by atoms with Crippen molar-refractivity contribution < 1.29 is 14.3 Å². The molecule has 1 fully saturated rings. The van der Waals surface area contributed by atoms with Gasteiger partial charge < -0.3 is 20.3 Å². The van der Waals surface area contributed by atoms with E-state index in [1.807, 2.05) is 36.1 Å². The van der Waals surface area contributed by atoms with Crippen LogP contribution in [0.4, 0.5) is 5.69 Å². The molecule has 0 aliphatic carbocycles. The predicted molar refractivity (Wildman–Crippen MR) is 111 cm³/mol. The summed E-state index contributed by atoms with van der Waals surface area (Å²) in [7, 11) is 0. The quantitative estimate of drug-likeness (QED) is 0.845. The normalized spacial score (nSPS) is 21.6. The Labute approximate surface area is 170 Å². The van der Waals surface area contributed by atoms with Crippen LogP contribution in [0.5, 0.6) is 0 Å². The van der Waals surface area contributed by atoms with Gasteiger partial charge in [-0.25, -0.2) is 0 Å². The van der Waals surface area contributed by atoms with Gasteiger partial charge in [0.25, 0.3) is 5.91 Å². The molecule has 2 N–H and O–H groups in total. The molecule has 1 aromatic carbocycles. The highest BCUT2D eigenvalue weighted by atomic mass is 16.5. The summed E-state index contributed by atoms with van der Waals surface area (Å²) in [5.74, 6) is -0.0514. The van der Waals surface area contributed by atoms with Gasteiger partial charge >= 0.3 is 0 Å². The van der Waals surface area contributed by atoms with E-state index in [1.165, 1.54) is 0 Å². The number of hydrogen-bond acceptors (Lipinski definition) is 5. The average molecular weight is 394 g/mol. The number of pyridine rings is 1. The van der Waals surface area contributed by atoms with Gasteiger partial charge in [0.2, 0.25) is 5.91 Å². The lowest BCUT2D eigenvalue weighted by molar-refractivity contribution is -0.117. The van der Waals surface area contributed by atoms with E-state index in [0.29, 0.717) is 32.0 Å². The molecule has 2 aliphatic rings. The molecule has 7 nitrogen and oxygen atoms in total. The maximum atomic E-state index is 12.6. The van der Waals surface area contributed by atoms with Gasteiger partial charge in [0.05, 0.1) is 13.2 Å². The molecule has 2 amide bonds. The highest BCUT2D eigenvalue weighted by Crippen LogP contribution is 2.38. The lowest BCUT2D eigenvalue weighted by atomic mass is 9.90. The van der Waals surface area contributed by atoms with E-state index in [1.54, 1.807) is 24.1 Å². The van der Waals surface area contributed by atoms with E-state index in [4.69, 9.17) is 10.5 Å². The number of carbonyl (C=O) groups excluding carboxylic acids is 2. The lowest BCUT2D eigenvalue weighted by Crippen LogP contribution is -2.43. The number of hydrogen-bond donors (Lipinski definition) is 1. The number of nitrogens with zero attached hydrogens (tertiary/aromatic N) is 3. The van der Waals surface area contributed by atoms with E-state index in [2.05, 4.69) is 4.98 Å². The number of nitrogens with two attached hydrogens (primary N) is 1. The molecular weight excluding hydrogens is 368 g/mol. The summed E-state index contributed by atoms with van der Waals surface area (Å²) in [6.45, 7) is 5.92. The molecule has 1 aromatic heterocycles. The Kier molecular flexibility index (Phi) is 5.34. The zero-order chi connectivity index (χ0) is 20.5. The largest absolute Gasteiger partial charge is 0.378 e. The van der Waals surface area contributed by atoms with Crippen molar-refractivity contribution >= 4 is 17.5 Å². The second-order valence-corrected chi connectivity index (χ2v) is 7.69. The predicted octanol–water partition coefficient (Wildman–Crippen LogP) is 2.37. The van der Waals surface area contributed by atoms with Crippen molar-refractivity contribution in [1.29, 1.82) is 0 Å². The molecule has 29 heavy (non-hydrogen) atoms. The molecule has 0 saturated carbocycles. The maximum Gasteiger partial charge on any atom is 0.272 e. The maximum absolute atomic E-state index is 12.6. The van der Waals surface area contributed by atoms with Gasteiger partial charge in [-0.3, -0.25) is 14.6 Å². The molecule has 2 aliphatic heterocycles. The number of aromatic nitrogens is 1. The summed E-state index contributed by atoms with van der Waals surface area (Å²) in [6, 6.07) is 9.58. The van der Waals surface area contributed by atoms with Crippen molar-refractivity contribution in [3.05, 3.63) is 47.8 Å². The Morgan fingerprint density at radius 2 is 1.86 bits per heavy atom. The van der Waals surface area contributed by atoms with Crippen molar-refractivity contribution in [2.45, 2.75) is 32.4 Å². The van der Waals surface area contributed by atoms with Crippen molar-refractivity contribution in [2.75, 3.05) is 31.2 Å². The van der Waals surface area contributed by atoms with E-state index < -0.39 is 0 Å². The smallest absolute Gasteiger partial charge is 0.272 e. The Hall–Kier alpha value is -2.77. The first kappa shape index (κ1) is 19.5. The van der Waals surface area contributed by atoms with Gasteiger partial charge in [0.1, 0.15) is 5.69 Å². The second kappa shape index (κ2) is 7.93. The van der Waals surface area contributed by atoms with Crippen LogP contribution in [0.25, 0.3) is 11.1 Å². The number of fused-ring (bicyclic) bond motifs is 1. The lowest BCUT2D eigenvalue weighted by Gasteiger charge is -2.37. The first-order valence-electron chi connectivity index (χ1n) is 9.98. The highest BCUT2D eigenvalue weighted by molar-refractivity contribution is 5.94. The Bertz CT molecular complexity index is 922. The van der Waals surface area contributed by atoms with E-state index in [9.17, 15) is 9.59 Å². The van der Waals surface area contributed by atoms with Gasteiger partial charge in [-0.15, -0.1) is 0 Å². The Morgan fingerprint density at radius 3 is 2.52 bits per heavy atom. The van der Waals surface area contributed by atoms with Crippen LogP contribution >= 0.6 is 0 Å². The SMILES string of the molecule is CC(=O)N1c2ccc(-c3ccc(C(=O)N4CCOCC4)nc3)cc2C(N)CC1C. The second-order valence-electron chi connectivity index (χ2n) is 7.69. The van der Waals surface area contributed by atoms with Crippen LogP contribution in [0.1, 0.15) is 42.4 Å². The van der Waals surface area contributed by atoms with Gasteiger partial charge in [-0.2, -0.15) is 0 Å². The van der Waals surface area contributed by atoms with E-state index >= 15 is 0 Å². The first-order valence-corrected chi connectivity index (χ1v) is 9.98. The number of carbonyl (C=O) groups is 2. The number of anilines is 1. The third kappa shape index (κ3) is 3.75. The van der Waals surface area contributed by atoms with Crippen LogP contribution in [-0.2, 0) is 9.53 Å². The van der Waals surface area contributed by atoms with Crippen molar-refractivity contribution in [3.8, 4) is 11.1 Å².